The van der Waals surface area contributed by atoms with Crippen LogP contribution in [0.2, 0.25) is 5.02 Å². The van der Waals surface area contributed by atoms with Crippen molar-refractivity contribution < 1.29 is 8.78 Å². The van der Waals surface area contributed by atoms with E-state index in [-0.39, 0.29) is 16.6 Å². The van der Waals surface area contributed by atoms with Gasteiger partial charge >= 0.3 is 0 Å². The molecule has 1 unspecified atom stereocenters. The van der Waals surface area contributed by atoms with Gasteiger partial charge < -0.3 is 5.32 Å². The van der Waals surface area contributed by atoms with Gasteiger partial charge in [0.05, 0.1) is 11.1 Å². The number of benzene rings is 1. The highest BCUT2D eigenvalue weighted by Crippen LogP contribution is 2.25. The smallest absolute Gasteiger partial charge is 0.142 e. The molecule has 1 N–H and O–H groups in total. The Morgan fingerprint density at radius 2 is 2.00 bits per heavy atom. The van der Waals surface area contributed by atoms with Gasteiger partial charge in [-0.2, -0.15) is 0 Å². The molecule has 1 aromatic rings. The number of halogens is 3. The van der Waals surface area contributed by atoms with Gasteiger partial charge in [0.25, 0.3) is 0 Å². The van der Waals surface area contributed by atoms with Crippen LogP contribution in [0.4, 0.5) is 8.78 Å². The molecule has 0 saturated heterocycles. The number of hydrogen-bond acceptors (Lipinski definition) is 1. The summed E-state index contributed by atoms with van der Waals surface area (Å²) < 4.78 is 27.1. The number of allylic oxidation sites excluding steroid dienone is 1. The molecule has 0 bridgehead atoms. The number of rotatable bonds is 4. The van der Waals surface area contributed by atoms with E-state index in [0.717, 1.165) is 17.7 Å². The van der Waals surface area contributed by atoms with Crippen LogP contribution in [0.5, 0.6) is 0 Å². The monoisotopic (exact) mass is 259 g/mol. The first kappa shape index (κ1) is 14.1. The molecule has 0 spiro atoms. The number of nitrogens with one attached hydrogen (secondary N) is 1. The molecular formula is C13H16ClF2N. The average Bonchev–Trinajstić information content (AvgIpc) is 2.22. The highest BCUT2D eigenvalue weighted by molar-refractivity contribution is 6.30. The standard InChI is InChI=1S/C13H16ClF2N/c1-4-17-13(5-8(2)3)9-6-12(16)10(14)7-11(9)15/h5-7,13,17H,4H2,1-3H3. The van der Waals surface area contributed by atoms with Gasteiger partial charge in [-0.05, 0) is 32.5 Å². The molecule has 0 fully saturated rings. The number of hydrogen-bond donors (Lipinski definition) is 1. The van der Waals surface area contributed by atoms with E-state index in [1.165, 1.54) is 0 Å². The predicted octanol–water partition coefficient (Wildman–Crippen LogP) is 4.24. The third-order valence-corrected chi connectivity index (χ3v) is 2.59. The normalized spacial score (nSPS) is 12.4. The van der Waals surface area contributed by atoms with E-state index in [2.05, 4.69) is 5.32 Å². The summed E-state index contributed by atoms with van der Waals surface area (Å²) in [4.78, 5) is 0. The SMILES string of the molecule is CCNC(C=C(C)C)c1cc(F)c(Cl)cc1F. The Balaban J connectivity index is 3.18. The van der Waals surface area contributed by atoms with Gasteiger partial charge in [0.15, 0.2) is 0 Å². The van der Waals surface area contributed by atoms with Crippen molar-refractivity contribution in [2.45, 2.75) is 26.8 Å². The summed E-state index contributed by atoms with van der Waals surface area (Å²) in [6.45, 7) is 6.40. The van der Waals surface area contributed by atoms with Crippen LogP contribution < -0.4 is 5.32 Å². The predicted molar refractivity (Wildman–Crippen MR) is 67.2 cm³/mol. The molecule has 0 aliphatic heterocycles. The molecule has 0 aliphatic carbocycles. The largest absolute Gasteiger partial charge is 0.307 e. The van der Waals surface area contributed by atoms with E-state index in [1.54, 1.807) is 0 Å². The molecule has 0 aliphatic rings. The summed E-state index contributed by atoms with van der Waals surface area (Å²) in [5.41, 5.74) is 1.31. The fraction of sp³-hybridized carbons (Fsp3) is 0.385. The maximum absolute atomic E-state index is 13.7. The summed E-state index contributed by atoms with van der Waals surface area (Å²) >= 11 is 5.52. The summed E-state index contributed by atoms with van der Waals surface area (Å²) in [6.07, 6.45) is 1.86. The van der Waals surface area contributed by atoms with Gasteiger partial charge in [-0.15, -0.1) is 0 Å². The van der Waals surface area contributed by atoms with E-state index in [1.807, 2.05) is 26.8 Å². The molecule has 0 radical (unpaired) electrons. The zero-order valence-corrected chi connectivity index (χ0v) is 10.9. The van der Waals surface area contributed by atoms with Crippen LogP contribution in [0.1, 0.15) is 32.4 Å². The van der Waals surface area contributed by atoms with Crippen molar-refractivity contribution in [1.82, 2.24) is 5.32 Å². The van der Waals surface area contributed by atoms with Crippen LogP contribution in [0, 0.1) is 11.6 Å². The Kier molecular flexibility index (Phi) is 5.09. The lowest BCUT2D eigenvalue weighted by Gasteiger charge is -2.16. The van der Waals surface area contributed by atoms with Crippen LogP contribution in [0.3, 0.4) is 0 Å². The van der Waals surface area contributed by atoms with Crippen LogP contribution in [-0.2, 0) is 0 Å². The van der Waals surface area contributed by atoms with Crippen LogP contribution in [-0.4, -0.2) is 6.54 Å². The first-order chi connectivity index (χ1) is 7.95. The maximum Gasteiger partial charge on any atom is 0.142 e. The van der Waals surface area contributed by atoms with E-state index in [0.29, 0.717) is 6.54 Å². The third-order valence-electron chi connectivity index (χ3n) is 2.30. The van der Waals surface area contributed by atoms with E-state index < -0.39 is 11.6 Å². The Bertz CT molecular complexity index is 426. The molecule has 1 nitrogen and oxygen atoms in total. The number of likely N-dealkylation sites (N-methyl/N-ethyl adjacent to an activating group) is 1. The molecule has 4 heteroatoms. The van der Waals surface area contributed by atoms with E-state index >= 15 is 0 Å². The quantitative estimate of drug-likeness (QED) is 0.630. The van der Waals surface area contributed by atoms with Crippen LogP contribution in [0.25, 0.3) is 0 Å². The Labute approximate surface area is 105 Å². The van der Waals surface area contributed by atoms with Crippen LogP contribution in [0.15, 0.2) is 23.8 Å². The summed E-state index contributed by atoms with van der Waals surface area (Å²) in [5, 5.41) is 2.90. The molecule has 0 heterocycles. The fourth-order valence-electron chi connectivity index (χ4n) is 1.59. The lowest BCUT2D eigenvalue weighted by atomic mass is 10.0. The minimum absolute atomic E-state index is 0.196. The maximum atomic E-state index is 13.7. The van der Waals surface area contributed by atoms with Gasteiger partial charge in [0.1, 0.15) is 11.6 Å². The van der Waals surface area contributed by atoms with Crippen LogP contribution >= 0.6 is 11.6 Å². The first-order valence-corrected chi connectivity index (χ1v) is 5.86. The molecule has 94 valence electrons. The highest BCUT2D eigenvalue weighted by Gasteiger charge is 2.15. The first-order valence-electron chi connectivity index (χ1n) is 5.48. The van der Waals surface area contributed by atoms with Crippen molar-refractivity contribution in [3.8, 4) is 0 Å². The summed E-state index contributed by atoms with van der Waals surface area (Å²) in [7, 11) is 0. The molecule has 17 heavy (non-hydrogen) atoms. The van der Waals surface area contributed by atoms with Gasteiger partial charge in [0.2, 0.25) is 0 Å². The molecule has 1 rings (SSSR count). The molecular weight excluding hydrogens is 244 g/mol. The summed E-state index contributed by atoms with van der Waals surface area (Å²) in [5.74, 6) is -1.10. The van der Waals surface area contributed by atoms with Gasteiger partial charge in [0, 0.05) is 5.56 Å². The lowest BCUT2D eigenvalue weighted by molar-refractivity contribution is 0.550. The second-order valence-corrected chi connectivity index (χ2v) is 4.47. The molecule has 0 aromatic heterocycles. The third kappa shape index (κ3) is 3.79. The highest BCUT2D eigenvalue weighted by atomic mass is 35.5. The lowest BCUT2D eigenvalue weighted by Crippen LogP contribution is -2.20. The Morgan fingerprint density at radius 1 is 1.35 bits per heavy atom. The van der Waals surface area contributed by atoms with Gasteiger partial charge in [-0.3, -0.25) is 0 Å². The van der Waals surface area contributed by atoms with Crippen molar-refractivity contribution in [2.75, 3.05) is 6.54 Å². The Morgan fingerprint density at radius 3 is 2.53 bits per heavy atom. The molecule has 0 saturated carbocycles. The zero-order chi connectivity index (χ0) is 13.0. The van der Waals surface area contributed by atoms with Crippen molar-refractivity contribution >= 4 is 11.6 Å². The Hall–Kier alpha value is -0.930. The second-order valence-electron chi connectivity index (χ2n) is 4.07. The molecule has 0 amide bonds. The topological polar surface area (TPSA) is 12.0 Å². The molecule has 1 atom stereocenters. The average molecular weight is 260 g/mol. The van der Waals surface area contributed by atoms with Crippen molar-refractivity contribution in [2.24, 2.45) is 0 Å². The molecule has 1 aromatic carbocycles. The van der Waals surface area contributed by atoms with Crippen molar-refractivity contribution in [3.05, 3.63) is 46.0 Å². The van der Waals surface area contributed by atoms with Crippen molar-refractivity contribution in [1.29, 1.82) is 0 Å². The zero-order valence-electron chi connectivity index (χ0n) is 10.2. The second kappa shape index (κ2) is 6.12. The van der Waals surface area contributed by atoms with E-state index in [9.17, 15) is 8.78 Å². The minimum Gasteiger partial charge on any atom is -0.307 e. The van der Waals surface area contributed by atoms with E-state index in [4.69, 9.17) is 11.6 Å². The van der Waals surface area contributed by atoms with Gasteiger partial charge in [-0.1, -0.05) is 30.2 Å². The fourth-order valence-corrected chi connectivity index (χ4v) is 1.74. The van der Waals surface area contributed by atoms with Gasteiger partial charge in [-0.25, -0.2) is 8.78 Å². The minimum atomic E-state index is -0.604. The summed E-state index contributed by atoms with van der Waals surface area (Å²) in [6, 6.07) is 1.82. The van der Waals surface area contributed by atoms with Crippen molar-refractivity contribution in [3.63, 3.8) is 0 Å².